The van der Waals surface area contributed by atoms with E-state index in [1.807, 2.05) is 47.4 Å². The van der Waals surface area contributed by atoms with E-state index < -0.39 is 0 Å². The Morgan fingerprint density at radius 1 is 1.07 bits per heavy atom. The van der Waals surface area contributed by atoms with E-state index >= 15 is 0 Å². The summed E-state index contributed by atoms with van der Waals surface area (Å²) in [5.74, 6) is 0.891. The molecule has 0 bridgehead atoms. The highest BCUT2D eigenvalue weighted by Gasteiger charge is 2.26. The monoisotopic (exact) mass is 377 g/mol. The lowest BCUT2D eigenvalue weighted by molar-refractivity contribution is -0.133. The number of rotatable bonds is 7. The molecule has 5 nitrogen and oxygen atoms in total. The fourth-order valence-corrected chi connectivity index (χ4v) is 3.46. The topological polar surface area (TPSA) is 56.6 Å². The minimum absolute atomic E-state index is 0.108. The largest absolute Gasteiger partial charge is 0.493 e. The molecule has 1 fully saturated rings. The normalized spacial score (nSPS) is 15.6. The van der Waals surface area contributed by atoms with Crippen molar-refractivity contribution in [1.29, 1.82) is 5.26 Å². The molecule has 28 heavy (non-hydrogen) atoms. The molecule has 2 aromatic rings. The van der Waals surface area contributed by atoms with Crippen LogP contribution in [0.3, 0.4) is 0 Å². The van der Waals surface area contributed by atoms with Crippen molar-refractivity contribution < 1.29 is 9.53 Å². The molecule has 5 heteroatoms. The van der Waals surface area contributed by atoms with Gasteiger partial charge in [0.15, 0.2) is 0 Å². The maximum atomic E-state index is 12.4. The van der Waals surface area contributed by atoms with Crippen LogP contribution in [0.1, 0.15) is 30.5 Å². The van der Waals surface area contributed by atoms with Crippen LogP contribution in [-0.4, -0.2) is 48.5 Å². The number of hydrogen-bond donors (Lipinski definition) is 0. The molecule has 0 radical (unpaired) electrons. The van der Waals surface area contributed by atoms with Crippen molar-refractivity contribution in [2.24, 2.45) is 0 Å². The minimum atomic E-state index is -0.260. The van der Waals surface area contributed by atoms with Gasteiger partial charge in [-0.2, -0.15) is 5.26 Å². The molecule has 0 saturated carbocycles. The number of piperazine rings is 1. The Labute approximate surface area is 167 Å². The summed E-state index contributed by atoms with van der Waals surface area (Å²) in [4.78, 5) is 16.5. The lowest BCUT2D eigenvalue weighted by Crippen LogP contribution is -2.49. The van der Waals surface area contributed by atoms with Crippen molar-refractivity contribution in [2.45, 2.75) is 25.8 Å². The molecule has 0 aromatic heterocycles. The van der Waals surface area contributed by atoms with E-state index in [4.69, 9.17) is 4.74 Å². The molecule has 0 aliphatic carbocycles. The van der Waals surface area contributed by atoms with E-state index in [-0.39, 0.29) is 11.9 Å². The van der Waals surface area contributed by atoms with Crippen LogP contribution in [0.5, 0.6) is 5.75 Å². The van der Waals surface area contributed by atoms with Crippen molar-refractivity contribution in [3.05, 3.63) is 65.7 Å². The lowest BCUT2D eigenvalue weighted by Gasteiger charge is -2.37. The molecule has 1 heterocycles. The lowest BCUT2D eigenvalue weighted by atomic mass is 10.0. The third-order valence-electron chi connectivity index (χ3n) is 5.19. The molecule has 1 aliphatic heterocycles. The number of carbonyl (C=O) groups excluding carboxylic acids is 1. The summed E-state index contributed by atoms with van der Waals surface area (Å²) in [6, 6.07) is 20.0. The Hall–Kier alpha value is -2.84. The first kappa shape index (κ1) is 19.9. The first-order valence-corrected chi connectivity index (χ1v) is 9.89. The van der Waals surface area contributed by atoms with Gasteiger partial charge in [0.2, 0.25) is 5.91 Å². The van der Waals surface area contributed by atoms with Gasteiger partial charge in [0.25, 0.3) is 0 Å². The van der Waals surface area contributed by atoms with Crippen LogP contribution in [0.4, 0.5) is 0 Å². The summed E-state index contributed by atoms with van der Waals surface area (Å²) in [6.07, 6.45) is 1.36. The van der Waals surface area contributed by atoms with Crippen LogP contribution in [0.25, 0.3) is 0 Å². The molecule has 1 amide bonds. The molecular formula is C23H27N3O2. The number of para-hydroxylation sites is 1. The standard InChI is InChI=1S/C23H27N3O2/c1-2-19-8-10-20(11-9-19)22(18-24)25-13-15-26(16-14-25)23(27)12-17-28-21-6-4-3-5-7-21/h3-11,22H,2,12-17H2,1H3. The van der Waals surface area contributed by atoms with E-state index in [1.165, 1.54) is 5.56 Å². The van der Waals surface area contributed by atoms with Crippen molar-refractivity contribution in [3.8, 4) is 11.8 Å². The number of hydrogen-bond acceptors (Lipinski definition) is 4. The summed E-state index contributed by atoms with van der Waals surface area (Å²) in [5, 5.41) is 9.67. The Bertz CT molecular complexity index is 791. The first-order chi connectivity index (χ1) is 13.7. The molecule has 1 saturated heterocycles. The van der Waals surface area contributed by atoms with E-state index in [1.54, 1.807) is 0 Å². The fraction of sp³-hybridized carbons (Fsp3) is 0.391. The Morgan fingerprint density at radius 2 is 1.75 bits per heavy atom. The zero-order chi connectivity index (χ0) is 19.8. The fourth-order valence-electron chi connectivity index (χ4n) is 3.46. The molecule has 3 rings (SSSR count). The van der Waals surface area contributed by atoms with Crippen molar-refractivity contribution in [2.75, 3.05) is 32.8 Å². The number of nitriles is 1. The van der Waals surface area contributed by atoms with E-state index in [0.29, 0.717) is 39.2 Å². The number of amides is 1. The van der Waals surface area contributed by atoms with Gasteiger partial charge in [0, 0.05) is 26.2 Å². The predicted molar refractivity (Wildman–Crippen MR) is 109 cm³/mol. The number of aryl methyl sites for hydroxylation is 1. The Balaban J connectivity index is 1.47. The van der Waals surface area contributed by atoms with E-state index in [9.17, 15) is 10.1 Å². The maximum Gasteiger partial charge on any atom is 0.226 e. The highest BCUT2D eigenvalue weighted by atomic mass is 16.5. The van der Waals surface area contributed by atoms with Crippen LogP contribution in [0.15, 0.2) is 54.6 Å². The zero-order valence-electron chi connectivity index (χ0n) is 16.4. The third-order valence-corrected chi connectivity index (χ3v) is 5.19. The van der Waals surface area contributed by atoms with Crippen LogP contribution < -0.4 is 4.74 Å². The second-order valence-corrected chi connectivity index (χ2v) is 6.96. The molecule has 0 N–H and O–H groups in total. The zero-order valence-corrected chi connectivity index (χ0v) is 16.4. The van der Waals surface area contributed by atoms with Gasteiger partial charge in [0.05, 0.1) is 19.1 Å². The molecule has 1 unspecified atom stereocenters. The van der Waals surface area contributed by atoms with Gasteiger partial charge in [-0.05, 0) is 29.7 Å². The molecule has 1 atom stereocenters. The minimum Gasteiger partial charge on any atom is -0.493 e. The summed E-state index contributed by atoms with van der Waals surface area (Å²) in [6.45, 7) is 5.22. The Kier molecular flexibility index (Phi) is 7.05. The van der Waals surface area contributed by atoms with Gasteiger partial charge >= 0.3 is 0 Å². The molecule has 146 valence electrons. The smallest absolute Gasteiger partial charge is 0.226 e. The van der Waals surface area contributed by atoms with Gasteiger partial charge in [-0.1, -0.05) is 49.4 Å². The van der Waals surface area contributed by atoms with Gasteiger partial charge in [-0.3, -0.25) is 9.69 Å². The van der Waals surface area contributed by atoms with Gasteiger partial charge in [0.1, 0.15) is 11.8 Å². The van der Waals surface area contributed by atoms with E-state index in [2.05, 4.69) is 30.0 Å². The predicted octanol–water partition coefficient (Wildman–Crippen LogP) is 3.43. The number of benzene rings is 2. The summed E-state index contributed by atoms with van der Waals surface area (Å²) < 4.78 is 5.62. The number of ether oxygens (including phenoxy) is 1. The van der Waals surface area contributed by atoms with Crippen LogP contribution in [-0.2, 0) is 11.2 Å². The Morgan fingerprint density at radius 3 is 2.36 bits per heavy atom. The van der Waals surface area contributed by atoms with Crippen molar-refractivity contribution in [1.82, 2.24) is 9.80 Å². The second-order valence-electron chi connectivity index (χ2n) is 6.96. The van der Waals surface area contributed by atoms with Gasteiger partial charge in [-0.15, -0.1) is 0 Å². The molecular weight excluding hydrogens is 350 g/mol. The van der Waals surface area contributed by atoms with Crippen molar-refractivity contribution >= 4 is 5.91 Å². The van der Waals surface area contributed by atoms with Crippen LogP contribution >= 0.6 is 0 Å². The summed E-state index contributed by atoms with van der Waals surface area (Å²) in [5.41, 5.74) is 2.30. The average Bonchev–Trinajstić information content (AvgIpc) is 2.76. The summed E-state index contributed by atoms with van der Waals surface area (Å²) >= 11 is 0. The third kappa shape index (κ3) is 5.11. The van der Waals surface area contributed by atoms with Gasteiger partial charge < -0.3 is 9.64 Å². The SMILES string of the molecule is CCc1ccc(C(C#N)N2CCN(C(=O)CCOc3ccccc3)CC2)cc1. The van der Waals surface area contributed by atoms with Crippen LogP contribution in [0.2, 0.25) is 0 Å². The average molecular weight is 377 g/mol. The van der Waals surface area contributed by atoms with Crippen molar-refractivity contribution in [3.63, 3.8) is 0 Å². The highest BCUT2D eigenvalue weighted by molar-refractivity contribution is 5.76. The van der Waals surface area contributed by atoms with Gasteiger partial charge in [-0.25, -0.2) is 0 Å². The molecule has 1 aliphatic rings. The number of nitrogens with zero attached hydrogens (tertiary/aromatic N) is 3. The van der Waals surface area contributed by atoms with E-state index in [0.717, 1.165) is 17.7 Å². The quantitative estimate of drug-likeness (QED) is 0.742. The first-order valence-electron chi connectivity index (χ1n) is 9.89. The maximum absolute atomic E-state index is 12.4. The molecule has 2 aromatic carbocycles. The second kappa shape index (κ2) is 9.91. The highest BCUT2D eigenvalue weighted by Crippen LogP contribution is 2.22. The number of carbonyl (C=O) groups is 1. The summed E-state index contributed by atoms with van der Waals surface area (Å²) in [7, 11) is 0. The van der Waals surface area contributed by atoms with Crippen LogP contribution in [0, 0.1) is 11.3 Å². The molecule has 0 spiro atoms.